The average molecular weight is 346 g/mol. The monoisotopic (exact) mass is 347 g/mol. The van der Waals surface area contributed by atoms with Crippen LogP contribution in [-0.2, 0) is 0 Å². The quantitative estimate of drug-likeness (QED) is 0.721. The molecular weight excluding hydrogens is 329 g/mol. The molecule has 0 radical (unpaired) electrons. The van der Waals surface area contributed by atoms with Gasteiger partial charge in [-0.3, -0.25) is 0 Å². The summed E-state index contributed by atoms with van der Waals surface area (Å²) >= 11 is -0.00767. The van der Waals surface area contributed by atoms with Gasteiger partial charge in [0.05, 0.1) is 0 Å². The first-order chi connectivity index (χ1) is 10.3. The Labute approximate surface area is 130 Å². The number of hydrogen-bond donors (Lipinski definition) is 1. The third-order valence-electron chi connectivity index (χ3n) is 3.54. The van der Waals surface area contributed by atoms with Gasteiger partial charge in [0.15, 0.2) is 0 Å². The number of anilines is 1. The Bertz CT molecular complexity index is 741. The summed E-state index contributed by atoms with van der Waals surface area (Å²) in [6.07, 6.45) is 0.965. The molecule has 2 aromatic carbocycles. The van der Waals surface area contributed by atoms with Crippen LogP contribution in [0.2, 0.25) is 0 Å². The van der Waals surface area contributed by atoms with E-state index in [2.05, 4.69) is 32.3 Å². The van der Waals surface area contributed by atoms with Crippen molar-refractivity contribution in [3.63, 3.8) is 0 Å². The number of aromatic nitrogens is 2. The van der Waals surface area contributed by atoms with E-state index in [0.29, 0.717) is 0 Å². The van der Waals surface area contributed by atoms with Crippen molar-refractivity contribution in [1.82, 2.24) is 7.96 Å². The number of methoxy groups -OCH3 is 1. The number of benzene rings is 2. The van der Waals surface area contributed by atoms with Crippen LogP contribution in [0, 0.1) is 0 Å². The molecule has 1 heterocycles. The van der Waals surface area contributed by atoms with Gasteiger partial charge in [0.2, 0.25) is 0 Å². The third kappa shape index (κ3) is 2.80. The third-order valence-corrected chi connectivity index (χ3v) is 4.68. The molecule has 21 heavy (non-hydrogen) atoms. The van der Waals surface area contributed by atoms with Crippen molar-refractivity contribution in [3.05, 3.63) is 48.0 Å². The fraction of sp³-hybridized carbons (Fsp3) is 0.250. The molecule has 5 heteroatoms. The predicted molar refractivity (Wildman–Crippen MR) is 86.1 cm³/mol. The van der Waals surface area contributed by atoms with Gasteiger partial charge in [0.25, 0.3) is 0 Å². The van der Waals surface area contributed by atoms with Crippen molar-refractivity contribution in [3.8, 4) is 5.75 Å². The molecule has 1 N–H and O–H groups in total. The van der Waals surface area contributed by atoms with Crippen LogP contribution < -0.4 is 10.1 Å². The fourth-order valence-electron chi connectivity index (χ4n) is 2.46. The van der Waals surface area contributed by atoms with Gasteiger partial charge in [-0.05, 0) is 0 Å². The Morgan fingerprint density at radius 2 is 2.00 bits per heavy atom. The molecule has 3 rings (SSSR count). The Morgan fingerprint density at radius 3 is 2.81 bits per heavy atom. The summed E-state index contributed by atoms with van der Waals surface area (Å²) in [7, 11) is 1.71. The van der Waals surface area contributed by atoms with Crippen LogP contribution >= 0.6 is 0 Å². The Hall–Kier alpha value is -1.84. The number of fused-ring (bicyclic) bond motifs is 1. The van der Waals surface area contributed by atoms with Gasteiger partial charge in [-0.2, -0.15) is 0 Å². The van der Waals surface area contributed by atoms with Crippen LogP contribution in [0.1, 0.15) is 24.9 Å². The molecule has 0 fully saturated rings. The SMILES string of the molecule is CCC(Nc1cccc2n[se]nc12)c1ccccc1OC. The van der Waals surface area contributed by atoms with Crippen LogP contribution in [0.25, 0.3) is 11.0 Å². The zero-order valence-electron chi connectivity index (χ0n) is 12.0. The van der Waals surface area contributed by atoms with E-state index in [1.165, 1.54) is 5.56 Å². The zero-order valence-corrected chi connectivity index (χ0v) is 13.7. The normalized spacial score (nSPS) is 12.3. The number of rotatable bonds is 5. The van der Waals surface area contributed by atoms with Gasteiger partial charge in [-0.15, -0.1) is 0 Å². The minimum atomic E-state index is -0.00767. The Balaban J connectivity index is 1.96. The molecular formula is C16H17N3OSe. The van der Waals surface area contributed by atoms with Crippen molar-refractivity contribution >= 4 is 31.7 Å². The van der Waals surface area contributed by atoms with Crippen molar-refractivity contribution in [1.29, 1.82) is 0 Å². The van der Waals surface area contributed by atoms with Gasteiger partial charge in [0.1, 0.15) is 0 Å². The van der Waals surface area contributed by atoms with E-state index < -0.39 is 0 Å². The van der Waals surface area contributed by atoms with E-state index in [1.807, 2.05) is 30.3 Å². The van der Waals surface area contributed by atoms with Crippen molar-refractivity contribution in [2.75, 3.05) is 12.4 Å². The van der Waals surface area contributed by atoms with Crippen LogP contribution in [0.4, 0.5) is 5.69 Å². The number of ether oxygens (including phenoxy) is 1. The average Bonchev–Trinajstić information content (AvgIpc) is 3.02. The summed E-state index contributed by atoms with van der Waals surface area (Å²) in [5.74, 6) is 0.912. The fourth-order valence-corrected chi connectivity index (χ4v) is 3.62. The Morgan fingerprint density at radius 1 is 1.14 bits per heavy atom. The molecule has 0 aliphatic heterocycles. The zero-order chi connectivity index (χ0) is 14.7. The summed E-state index contributed by atoms with van der Waals surface area (Å²) in [5, 5.41) is 3.60. The van der Waals surface area contributed by atoms with E-state index in [9.17, 15) is 0 Å². The molecule has 4 nitrogen and oxygen atoms in total. The number of para-hydroxylation sites is 1. The number of nitrogens with one attached hydrogen (secondary N) is 1. The maximum absolute atomic E-state index is 5.48. The molecule has 1 aromatic heterocycles. The van der Waals surface area contributed by atoms with Gasteiger partial charge >= 0.3 is 130 Å². The van der Waals surface area contributed by atoms with Crippen LogP contribution in [0.3, 0.4) is 0 Å². The molecule has 0 saturated heterocycles. The molecule has 0 spiro atoms. The molecule has 0 saturated carbocycles. The predicted octanol–water partition coefficient (Wildman–Crippen LogP) is 3.26. The molecule has 1 atom stereocenters. The standard InChI is InChI=1S/C16H17N3OSe/c1-3-12(11-7-4-5-10-15(11)20-2)17-13-8-6-9-14-16(13)19-21-18-14/h4-10,12,17H,3H2,1-2H3. The van der Waals surface area contributed by atoms with Crippen molar-refractivity contribution in [2.45, 2.75) is 19.4 Å². The van der Waals surface area contributed by atoms with Crippen LogP contribution in [0.15, 0.2) is 42.5 Å². The van der Waals surface area contributed by atoms with Crippen LogP contribution in [0.5, 0.6) is 5.75 Å². The molecule has 1 unspecified atom stereocenters. The van der Waals surface area contributed by atoms with Gasteiger partial charge in [-0.25, -0.2) is 0 Å². The first-order valence-electron chi connectivity index (χ1n) is 6.94. The van der Waals surface area contributed by atoms with E-state index in [4.69, 9.17) is 4.74 Å². The van der Waals surface area contributed by atoms with Gasteiger partial charge in [-0.1, -0.05) is 0 Å². The van der Waals surface area contributed by atoms with E-state index in [-0.39, 0.29) is 21.0 Å². The molecule has 0 bridgehead atoms. The van der Waals surface area contributed by atoms with Crippen molar-refractivity contribution < 1.29 is 4.74 Å². The molecule has 0 aliphatic rings. The molecule has 0 amide bonds. The summed E-state index contributed by atoms with van der Waals surface area (Å²) < 4.78 is 14.4. The first-order valence-corrected chi connectivity index (χ1v) is 8.47. The number of nitrogens with zero attached hydrogens (tertiary/aromatic N) is 2. The summed E-state index contributed by atoms with van der Waals surface area (Å²) in [6.45, 7) is 2.17. The minimum absolute atomic E-state index is 0.00767. The van der Waals surface area contributed by atoms with Gasteiger partial charge in [0, 0.05) is 0 Å². The van der Waals surface area contributed by atoms with Crippen LogP contribution in [-0.4, -0.2) is 30.0 Å². The molecule has 108 valence electrons. The number of hydrogen-bond acceptors (Lipinski definition) is 4. The molecule has 3 aromatic rings. The second-order valence-corrected chi connectivity index (χ2v) is 5.89. The van der Waals surface area contributed by atoms with E-state index in [1.54, 1.807) is 7.11 Å². The maximum atomic E-state index is 5.48. The summed E-state index contributed by atoms with van der Waals surface area (Å²) in [5.41, 5.74) is 4.20. The second-order valence-electron chi connectivity index (χ2n) is 4.78. The van der Waals surface area contributed by atoms with E-state index in [0.717, 1.165) is 28.9 Å². The first kappa shape index (κ1) is 14.1. The Kier molecular flexibility index (Phi) is 4.23. The molecule has 0 aliphatic carbocycles. The van der Waals surface area contributed by atoms with Crippen molar-refractivity contribution in [2.24, 2.45) is 0 Å². The van der Waals surface area contributed by atoms with Gasteiger partial charge < -0.3 is 0 Å². The summed E-state index contributed by atoms with van der Waals surface area (Å²) in [4.78, 5) is 0. The topological polar surface area (TPSA) is 47.0 Å². The summed E-state index contributed by atoms with van der Waals surface area (Å²) in [6, 6.07) is 14.4. The second kappa shape index (κ2) is 6.29. The van der Waals surface area contributed by atoms with E-state index >= 15 is 0 Å².